The zero-order valence-corrected chi connectivity index (χ0v) is 7.50. The molecule has 0 aromatic carbocycles. The fourth-order valence-electron chi connectivity index (χ4n) is 0.965. The van der Waals surface area contributed by atoms with E-state index in [0.717, 1.165) is 12.8 Å². The molecule has 66 valence electrons. The highest BCUT2D eigenvalue weighted by molar-refractivity contribution is 5.81. The molecule has 3 nitrogen and oxygen atoms in total. The van der Waals surface area contributed by atoms with Crippen LogP contribution in [0.3, 0.4) is 0 Å². The van der Waals surface area contributed by atoms with E-state index in [9.17, 15) is 4.79 Å². The van der Waals surface area contributed by atoms with Crippen LogP contribution >= 0.6 is 0 Å². The summed E-state index contributed by atoms with van der Waals surface area (Å²) < 4.78 is 0. The lowest BCUT2D eigenvalue weighted by molar-refractivity contribution is -0.122. The maximum absolute atomic E-state index is 11.2. The first-order chi connectivity index (χ1) is 5.65. The van der Waals surface area contributed by atoms with Crippen LogP contribution in [-0.2, 0) is 4.79 Å². The molecule has 0 bridgehead atoms. The molecule has 1 atom stereocenters. The SMILES string of the molecule is CC(C)[C@@H](C#N)NC(=O)C1CC1. The van der Waals surface area contributed by atoms with Crippen molar-refractivity contribution in [2.24, 2.45) is 11.8 Å². The summed E-state index contributed by atoms with van der Waals surface area (Å²) in [5, 5.41) is 11.4. The van der Waals surface area contributed by atoms with Gasteiger partial charge in [0.15, 0.2) is 0 Å². The van der Waals surface area contributed by atoms with Gasteiger partial charge in [0.25, 0.3) is 0 Å². The number of nitrogens with zero attached hydrogens (tertiary/aromatic N) is 1. The molecule has 12 heavy (non-hydrogen) atoms. The van der Waals surface area contributed by atoms with Gasteiger partial charge in [0.1, 0.15) is 6.04 Å². The first-order valence-corrected chi connectivity index (χ1v) is 4.35. The molecule has 1 saturated carbocycles. The van der Waals surface area contributed by atoms with Gasteiger partial charge in [-0.15, -0.1) is 0 Å². The van der Waals surface area contributed by atoms with Crippen molar-refractivity contribution in [2.45, 2.75) is 32.7 Å². The fraction of sp³-hybridized carbons (Fsp3) is 0.778. The van der Waals surface area contributed by atoms with E-state index in [1.165, 1.54) is 0 Å². The monoisotopic (exact) mass is 166 g/mol. The van der Waals surface area contributed by atoms with Gasteiger partial charge < -0.3 is 5.32 Å². The van der Waals surface area contributed by atoms with Crippen molar-refractivity contribution in [3.05, 3.63) is 0 Å². The third kappa shape index (κ3) is 2.23. The number of rotatable bonds is 3. The molecule has 0 aromatic heterocycles. The number of nitriles is 1. The highest BCUT2D eigenvalue weighted by Crippen LogP contribution is 2.29. The van der Waals surface area contributed by atoms with Crippen LogP contribution in [-0.4, -0.2) is 11.9 Å². The van der Waals surface area contributed by atoms with Crippen LogP contribution in [0.4, 0.5) is 0 Å². The first-order valence-electron chi connectivity index (χ1n) is 4.35. The normalized spacial score (nSPS) is 18.5. The van der Waals surface area contributed by atoms with E-state index in [1.54, 1.807) is 0 Å². The molecule has 0 unspecified atom stereocenters. The summed E-state index contributed by atoms with van der Waals surface area (Å²) in [5.74, 6) is 0.438. The molecule has 0 aliphatic heterocycles. The molecular formula is C9H14N2O. The number of hydrogen-bond acceptors (Lipinski definition) is 2. The largest absolute Gasteiger partial charge is 0.340 e. The van der Waals surface area contributed by atoms with Gasteiger partial charge in [-0.2, -0.15) is 5.26 Å². The minimum atomic E-state index is -0.321. The first kappa shape index (κ1) is 9.05. The summed E-state index contributed by atoms with van der Waals surface area (Å²) in [4.78, 5) is 11.2. The highest BCUT2D eigenvalue weighted by atomic mass is 16.2. The predicted octanol–water partition coefficient (Wildman–Crippen LogP) is 1.06. The van der Waals surface area contributed by atoms with E-state index in [4.69, 9.17) is 5.26 Å². The van der Waals surface area contributed by atoms with E-state index in [0.29, 0.717) is 0 Å². The lowest BCUT2D eigenvalue weighted by atomic mass is 10.1. The van der Waals surface area contributed by atoms with E-state index in [2.05, 4.69) is 11.4 Å². The summed E-state index contributed by atoms with van der Waals surface area (Å²) in [6.07, 6.45) is 1.98. The number of nitrogens with one attached hydrogen (secondary N) is 1. The van der Waals surface area contributed by atoms with Crippen molar-refractivity contribution in [3.63, 3.8) is 0 Å². The molecule has 0 heterocycles. The van der Waals surface area contributed by atoms with Crippen LogP contribution in [0, 0.1) is 23.2 Å². The van der Waals surface area contributed by atoms with Crippen molar-refractivity contribution in [3.8, 4) is 6.07 Å². The minimum absolute atomic E-state index is 0.0512. The van der Waals surface area contributed by atoms with Gasteiger partial charge in [0.2, 0.25) is 5.91 Å². The van der Waals surface area contributed by atoms with Gasteiger partial charge in [-0.3, -0.25) is 4.79 Å². The summed E-state index contributed by atoms with van der Waals surface area (Å²) in [7, 11) is 0. The van der Waals surface area contributed by atoms with Crippen LogP contribution in [0.5, 0.6) is 0 Å². The van der Waals surface area contributed by atoms with Crippen LogP contribution < -0.4 is 5.32 Å². The van der Waals surface area contributed by atoms with E-state index in [-0.39, 0.29) is 23.8 Å². The summed E-state index contributed by atoms with van der Waals surface area (Å²) in [6.45, 7) is 3.86. The maximum Gasteiger partial charge on any atom is 0.224 e. The van der Waals surface area contributed by atoms with Gasteiger partial charge in [-0.05, 0) is 18.8 Å². The van der Waals surface area contributed by atoms with Gasteiger partial charge in [0.05, 0.1) is 6.07 Å². The molecule has 1 N–H and O–H groups in total. The number of carbonyl (C=O) groups excluding carboxylic acids is 1. The molecule has 1 fully saturated rings. The van der Waals surface area contributed by atoms with Crippen molar-refractivity contribution in [2.75, 3.05) is 0 Å². The zero-order valence-electron chi connectivity index (χ0n) is 7.50. The Morgan fingerprint density at radius 2 is 2.17 bits per heavy atom. The van der Waals surface area contributed by atoms with Crippen LogP contribution in [0.15, 0.2) is 0 Å². The van der Waals surface area contributed by atoms with Crippen molar-refractivity contribution in [1.29, 1.82) is 5.26 Å². The third-order valence-corrected chi connectivity index (χ3v) is 2.05. The Balaban J connectivity index is 2.37. The second kappa shape index (κ2) is 3.57. The molecule has 1 aliphatic rings. The topological polar surface area (TPSA) is 52.9 Å². The summed E-state index contributed by atoms with van der Waals surface area (Å²) >= 11 is 0. The summed E-state index contributed by atoms with van der Waals surface area (Å²) in [6, 6.07) is 1.76. The molecule has 0 aromatic rings. The predicted molar refractivity (Wildman–Crippen MR) is 45.1 cm³/mol. The quantitative estimate of drug-likeness (QED) is 0.681. The lowest BCUT2D eigenvalue weighted by Gasteiger charge is -2.14. The van der Waals surface area contributed by atoms with Gasteiger partial charge in [-0.25, -0.2) is 0 Å². The smallest absolute Gasteiger partial charge is 0.224 e. The molecular weight excluding hydrogens is 152 g/mol. The molecule has 0 radical (unpaired) electrons. The lowest BCUT2D eigenvalue weighted by Crippen LogP contribution is -2.38. The average molecular weight is 166 g/mol. The van der Waals surface area contributed by atoms with Crippen LogP contribution in [0.2, 0.25) is 0 Å². The fourth-order valence-corrected chi connectivity index (χ4v) is 0.965. The Kier molecular flexibility index (Phi) is 2.69. The molecule has 0 saturated heterocycles. The molecule has 1 rings (SSSR count). The number of amides is 1. The van der Waals surface area contributed by atoms with E-state index < -0.39 is 0 Å². The number of hydrogen-bond donors (Lipinski definition) is 1. The molecule has 1 aliphatic carbocycles. The Morgan fingerprint density at radius 3 is 2.50 bits per heavy atom. The Hall–Kier alpha value is -1.04. The van der Waals surface area contributed by atoms with Gasteiger partial charge >= 0.3 is 0 Å². The van der Waals surface area contributed by atoms with Crippen molar-refractivity contribution >= 4 is 5.91 Å². The second-order valence-electron chi connectivity index (χ2n) is 3.63. The van der Waals surface area contributed by atoms with Crippen LogP contribution in [0.25, 0.3) is 0 Å². The van der Waals surface area contributed by atoms with Crippen molar-refractivity contribution < 1.29 is 4.79 Å². The average Bonchev–Trinajstić information content (AvgIpc) is 2.80. The van der Waals surface area contributed by atoms with Gasteiger partial charge in [0, 0.05) is 5.92 Å². The molecule has 1 amide bonds. The Morgan fingerprint density at radius 1 is 1.58 bits per heavy atom. The van der Waals surface area contributed by atoms with Crippen LogP contribution in [0.1, 0.15) is 26.7 Å². The standard InChI is InChI=1S/C9H14N2O/c1-6(2)8(5-10)11-9(12)7-3-4-7/h6-8H,3-4H2,1-2H3,(H,11,12)/t8-/m1/s1. The molecule has 3 heteroatoms. The Bertz CT molecular complexity index is 213. The minimum Gasteiger partial charge on any atom is -0.340 e. The summed E-state index contributed by atoms with van der Waals surface area (Å²) in [5.41, 5.74) is 0. The Labute approximate surface area is 72.8 Å². The third-order valence-electron chi connectivity index (χ3n) is 2.05. The van der Waals surface area contributed by atoms with Crippen molar-refractivity contribution in [1.82, 2.24) is 5.32 Å². The number of carbonyl (C=O) groups is 1. The second-order valence-corrected chi connectivity index (χ2v) is 3.63. The van der Waals surface area contributed by atoms with E-state index in [1.807, 2.05) is 13.8 Å². The maximum atomic E-state index is 11.2. The van der Waals surface area contributed by atoms with Gasteiger partial charge in [-0.1, -0.05) is 13.8 Å². The van der Waals surface area contributed by atoms with E-state index >= 15 is 0 Å². The highest BCUT2D eigenvalue weighted by Gasteiger charge is 2.31. The molecule has 0 spiro atoms. The zero-order chi connectivity index (χ0) is 9.14.